The molecule has 2 aromatic carbocycles. The van der Waals surface area contributed by atoms with Gasteiger partial charge in [0.2, 0.25) is 0 Å². The Morgan fingerprint density at radius 3 is 2.29 bits per heavy atom. The summed E-state index contributed by atoms with van der Waals surface area (Å²) in [6.45, 7) is 9.36. The summed E-state index contributed by atoms with van der Waals surface area (Å²) < 4.78 is 42.5. The number of β-amino-alcohol motifs (C(OH)–C–C–N with tert-alkyl or cyclic N) is 1. The van der Waals surface area contributed by atoms with Crippen molar-refractivity contribution in [2.75, 3.05) is 18.4 Å². The molecule has 0 bridgehead atoms. The molecule has 0 spiro atoms. The third-order valence-corrected chi connectivity index (χ3v) is 5.26. The van der Waals surface area contributed by atoms with Gasteiger partial charge in [0.15, 0.2) is 11.6 Å². The molecule has 31 heavy (non-hydrogen) atoms. The van der Waals surface area contributed by atoms with Crippen LogP contribution in [-0.4, -0.2) is 40.6 Å². The van der Waals surface area contributed by atoms with E-state index >= 15 is 0 Å². The number of aryl methyl sites for hydroxylation is 1. The highest BCUT2D eigenvalue weighted by molar-refractivity contribution is 6.01. The van der Waals surface area contributed by atoms with E-state index in [1.54, 1.807) is 13.0 Å². The number of hydrogen-bond acceptors (Lipinski definition) is 4. The van der Waals surface area contributed by atoms with Crippen LogP contribution in [0, 0.1) is 30.3 Å². The molecule has 1 aliphatic heterocycles. The molecule has 4 N–H and O–H groups in total. The molecule has 170 valence electrons. The van der Waals surface area contributed by atoms with Crippen molar-refractivity contribution in [1.82, 2.24) is 4.90 Å². The predicted molar refractivity (Wildman–Crippen MR) is 116 cm³/mol. The number of hydrogen-bond donors (Lipinski definition) is 3. The Labute approximate surface area is 181 Å². The SMILES string of the molecule is CC.Cc1ccc(Nc2c(C(=O)N3CC(O)(C(N)C(C)C)C3)ccc(F)c2F)c(F)c1. The molecule has 1 saturated heterocycles. The van der Waals surface area contributed by atoms with E-state index in [0.717, 1.165) is 12.1 Å². The highest BCUT2D eigenvalue weighted by Gasteiger charge is 2.49. The third kappa shape index (κ3) is 5.02. The fourth-order valence-electron chi connectivity index (χ4n) is 3.47. The lowest BCUT2D eigenvalue weighted by atomic mass is 9.80. The quantitative estimate of drug-likeness (QED) is 0.650. The molecular weight excluding hydrogens is 407 g/mol. The van der Waals surface area contributed by atoms with E-state index < -0.39 is 40.7 Å². The van der Waals surface area contributed by atoms with Crippen molar-refractivity contribution in [3.8, 4) is 0 Å². The van der Waals surface area contributed by atoms with Crippen LogP contribution in [0.4, 0.5) is 24.5 Å². The zero-order valence-electron chi connectivity index (χ0n) is 18.5. The second kappa shape index (κ2) is 9.70. The van der Waals surface area contributed by atoms with Crippen molar-refractivity contribution in [2.45, 2.75) is 46.3 Å². The van der Waals surface area contributed by atoms with Gasteiger partial charge in [-0.15, -0.1) is 0 Å². The van der Waals surface area contributed by atoms with E-state index in [4.69, 9.17) is 5.73 Å². The minimum Gasteiger partial charge on any atom is -0.385 e. The van der Waals surface area contributed by atoms with Gasteiger partial charge in [0, 0.05) is 6.04 Å². The topological polar surface area (TPSA) is 78.6 Å². The molecular formula is C23H30F3N3O2. The second-order valence-corrected chi connectivity index (χ2v) is 7.93. The van der Waals surface area contributed by atoms with Gasteiger partial charge in [0.1, 0.15) is 11.4 Å². The Morgan fingerprint density at radius 2 is 1.74 bits per heavy atom. The zero-order valence-corrected chi connectivity index (χ0v) is 18.5. The Morgan fingerprint density at radius 1 is 1.13 bits per heavy atom. The smallest absolute Gasteiger partial charge is 0.256 e. The zero-order chi connectivity index (χ0) is 23.5. The van der Waals surface area contributed by atoms with Gasteiger partial charge in [-0.3, -0.25) is 4.79 Å². The van der Waals surface area contributed by atoms with Crippen molar-refractivity contribution in [3.05, 3.63) is 58.9 Å². The monoisotopic (exact) mass is 437 g/mol. The minimum absolute atomic E-state index is 0.00209. The van der Waals surface area contributed by atoms with Crippen LogP contribution in [0.15, 0.2) is 30.3 Å². The maximum absolute atomic E-state index is 14.5. The molecule has 0 saturated carbocycles. The standard InChI is InChI=1S/C21H24F3N3O2.C2H6/c1-11(2)19(25)21(29)9-27(10-21)20(28)13-5-6-14(22)17(24)18(13)26-16-7-4-12(3)8-15(16)23;1-2/h4-8,11,19,26,29H,9-10,25H2,1-3H3;1-2H3. The molecule has 1 fully saturated rings. The Hall–Kier alpha value is -2.58. The molecule has 1 atom stereocenters. The van der Waals surface area contributed by atoms with Gasteiger partial charge in [-0.05, 0) is 42.7 Å². The second-order valence-electron chi connectivity index (χ2n) is 7.93. The Bertz CT molecular complexity index is 944. The summed E-state index contributed by atoms with van der Waals surface area (Å²) in [6.07, 6.45) is 0. The molecule has 3 rings (SSSR count). The van der Waals surface area contributed by atoms with E-state index in [9.17, 15) is 23.1 Å². The molecule has 5 nitrogen and oxygen atoms in total. The highest BCUT2D eigenvalue weighted by atomic mass is 19.2. The van der Waals surface area contributed by atoms with Gasteiger partial charge in [-0.1, -0.05) is 33.8 Å². The van der Waals surface area contributed by atoms with Crippen LogP contribution in [0.5, 0.6) is 0 Å². The lowest BCUT2D eigenvalue weighted by molar-refractivity contribution is -0.105. The number of aliphatic hydroxyl groups is 1. The number of halogens is 3. The fourth-order valence-corrected chi connectivity index (χ4v) is 3.47. The average molecular weight is 438 g/mol. The molecule has 1 amide bonds. The number of nitrogens with zero attached hydrogens (tertiary/aromatic N) is 1. The lowest BCUT2D eigenvalue weighted by Gasteiger charge is -2.50. The first-order valence-electron chi connectivity index (χ1n) is 10.3. The molecule has 0 aliphatic carbocycles. The van der Waals surface area contributed by atoms with Crippen LogP contribution in [0.2, 0.25) is 0 Å². The normalized spacial score (nSPS) is 15.6. The largest absolute Gasteiger partial charge is 0.385 e. The number of nitrogens with one attached hydrogen (secondary N) is 1. The lowest BCUT2D eigenvalue weighted by Crippen LogP contribution is -2.71. The van der Waals surface area contributed by atoms with Gasteiger partial charge in [0.25, 0.3) is 5.91 Å². The molecule has 1 unspecified atom stereocenters. The van der Waals surface area contributed by atoms with Crippen LogP contribution in [0.3, 0.4) is 0 Å². The van der Waals surface area contributed by atoms with Crippen molar-refractivity contribution < 1.29 is 23.1 Å². The van der Waals surface area contributed by atoms with E-state index in [1.807, 2.05) is 27.7 Å². The van der Waals surface area contributed by atoms with Crippen LogP contribution < -0.4 is 11.1 Å². The number of amides is 1. The van der Waals surface area contributed by atoms with Gasteiger partial charge in [-0.25, -0.2) is 13.2 Å². The number of carbonyl (C=O) groups is 1. The van der Waals surface area contributed by atoms with Gasteiger partial charge in [-0.2, -0.15) is 0 Å². The first-order valence-corrected chi connectivity index (χ1v) is 10.3. The molecule has 0 aromatic heterocycles. The van der Waals surface area contributed by atoms with Crippen LogP contribution in [-0.2, 0) is 0 Å². The molecule has 1 heterocycles. The van der Waals surface area contributed by atoms with E-state index in [0.29, 0.717) is 5.56 Å². The highest BCUT2D eigenvalue weighted by Crippen LogP contribution is 2.33. The van der Waals surface area contributed by atoms with Crippen molar-refractivity contribution in [2.24, 2.45) is 11.7 Å². The summed E-state index contributed by atoms with van der Waals surface area (Å²) in [5.74, 6) is -3.72. The van der Waals surface area contributed by atoms with Gasteiger partial charge < -0.3 is 21.1 Å². The maximum atomic E-state index is 14.5. The van der Waals surface area contributed by atoms with Crippen LogP contribution in [0.25, 0.3) is 0 Å². The number of carbonyl (C=O) groups excluding carboxylic acids is 1. The number of nitrogens with two attached hydrogens (primary N) is 1. The minimum atomic E-state index is -1.29. The first kappa shape index (κ1) is 24.7. The van der Waals surface area contributed by atoms with Crippen molar-refractivity contribution >= 4 is 17.3 Å². The van der Waals surface area contributed by atoms with E-state index in [1.165, 1.54) is 17.0 Å². The molecule has 2 aromatic rings. The molecule has 0 radical (unpaired) electrons. The van der Waals surface area contributed by atoms with Gasteiger partial charge in [0.05, 0.1) is 30.0 Å². The third-order valence-electron chi connectivity index (χ3n) is 5.26. The van der Waals surface area contributed by atoms with E-state index in [-0.39, 0.29) is 30.3 Å². The number of likely N-dealkylation sites (tertiary alicyclic amines) is 1. The summed E-state index contributed by atoms with van der Waals surface area (Å²) in [5, 5.41) is 13.1. The Kier molecular flexibility index (Phi) is 7.72. The molecule has 8 heteroatoms. The summed E-state index contributed by atoms with van der Waals surface area (Å²) in [5.41, 5.74) is 4.72. The maximum Gasteiger partial charge on any atom is 0.256 e. The van der Waals surface area contributed by atoms with Gasteiger partial charge >= 0.3 is 0 Å². The fraction of sp³-hybridized carbons (Fsp3) is 0.435. The number of benzene rings is 2. The van der Waals surface area contributed by atoms with Crippen molar-refractivity contribution in [1.29, 1.82) is 0 Å². The average Bonchev–Trinajstić information content (AvgIpc) is 2.71. The molecule has 1 aliphatic rings. The van der Waals surface area contributed by atoms with Crippen molar-refractivity contribution in [3.63, 3.8) is 0 Å². The summed E-state index contributed by atoms with van der Waals surface area (Å²) in [4.78, 5) is 14.2. The Balaban J connectivity index is 0.00000166. The van der Waals surface area contributed by atoms with E-state index in [2.05, 4.69) is 5.32 Å². The summed E-state index contributed by atoms with van der Waals surface area (Å²) >= 11 is 0. The first-order chi connectivity index (χ1) is 14.5. The summed E-state index contributed by atoms with van der Waals surface area (Å²) in [6, 6.07) is 5.67. The van der Waals surface area contributed by atoms with Crippen LogP contribution in [0.1, 0.15) is 43.6 Å². The number of anilines is 2. The number of rotatable bonds is 5. The predicted octanol–water partition coefficient (Wildman–Crippen LogP) is 4.35. The summed E-state index contributed by atoms with van der Waals surface area (Å²) in [7, 11) is 0. The van der Waals surface area contributed by atoms with Crippen LogP contribution >= 0.6 is 0 Å².